The predicted octanol–water partition coefficient (Wildman–Crippen LogP) is 8.25. The Hall–Kier alpha value is -4.92. The second-order valence-electron chi connectivity index (χ2n) is 9.72. The number of hydrogen-bond acceptors (Lipinski definition) is 7. The zero-order valence-corrected chi connectivity index (χ0v) is 23.6. The first-order valence-corrected chi connectivity index (χ1v) is 14.4. The van der Waals surface area contributed by atoms with Gasteiger partial charge in [-0.05, 0) is 60.3 Å². The molecule has 0 bridgehead atoms. The van der Waals surface area contributed by atoms with Crippen molar-refractivity contribution in [3.05, 3.63) is 171 Å². The van der Waals surface area contributed by atoms with Gasteiger partial charge in [-0.25, -0.2) is 10.0 Å². The summed E-state index contributed by atoms with van der Waals surface area (Å²) in [5.41, 5.74) is 6.30. The van der Waals surface area contributed by atoms with Gasteiger partial charge < -0.3 is 0 Å². The van der Waals surface area contributed by atoms with Gasteiger partial charge in [0.25, 0.3) is 5.69 Å². The third kappa shape index (κ3) is 4.32. The Morgan fingerprint density at radius 3 is 1.83 bits per heavy atom. The molecule has 0 radical (unpaired) electrons. The van der Waals surface area contributed by atoms with Crippen molar-refractivity contribution in [2.75, 3.05) is 10.0 Å². The highest BCUT2D eigenvalue weighted by Crippen LogP contribution is 2.55. The lowest BCUT2D eigenvalue weighted by Gasteiger charge is -2.47. The van der Waals surface area contributed by atoms with Gasteiger partial charge in [-0.1, -0.05) is 84.4 Å². The number of hydrogen-bond donors (Lipinski definition) is 0. The minimum absolute atomic E-state index is 0.0307. The van der Waals surface area contributed by atoms with Gasteiger partial charge >= 0.3 is 0 Å². The average molecular weight is 588 g/mol. The Labute approximate surface area is 251 Å². The first kappa shape index (κ1) is 26.0. The van der Waals surface area contributed by atoms with Gasteiger partial charge in [-0.3, -0.25) is 10.1 Å². The lowest BCUT2D eigenvalue weighted by molar-refractivity contribution is -0.384. The summed E-state index contributed by atoms with van der Waals surface area (Å²) in [5, 5.41) is 27.3. The van der Waals surface area contributed by atoms with E-state index in [1.807, 2.05) is 107 Å². The smallest absolute Gasteiger partial charge is 0.258 e. The molecule has 9 heteroatoms. The first-order chi connectivity index (χ1) is 20.5. The van der Waals surface area contributed by atoms with Gasteiger partial charge in [0.2, 0.25) is 4.99 Å². The summed E-state index contributed by atoms with van der Waals surface area (Å²) < 4.78 is 0. The summed E-state index contributed by atoms with van der Waals surface area (Å²) in [6.07, 6.45) is 0. The second kappa shape index (κ2) is 10.5. The fraction of sp³-hybridized carbons (Fsp3) is 0.0303. The molecule has 1 atom stereocenters. The molecule has 0 unspecified atom stereocenters. The molecule has 1 spiro atoms. The topological polar surface area (TPSA) is 74.3 Å². The van der Waals surface area contributed by atoms with Crippen LogP contribution in [0.4, 0.5) is 17.1 Å². The van der Waals surface area contributed by atoms with E-state index in [1.54, 1.807) is 23.9 Å². The van der Waals surface area contributed by atoms with Crippen molar-refractivity contribution in [3.8, 4) is 0 Å². The number of anilines is 2. The van der Waals surface area contributed by atoms with Crippen molar-refractivity contribution >= 4 is 51.2 Å². The molecule has 7 nitrogen and oxygen atoms in total. The number of nitrogens with zero attached hydrogens (tertiary/aromatic N) is 5. The molecule has 0 amide bonds. The normalized spacial score (nSPS) is 17.5. The number of thioether (sulfide) groups is 1. The van der Waals surface area contributed by atoms with E-state index >= 15 is 0 Å². The van der Waals surface area contributed by atoms with Crippen molar-refractivity contribution in [2.45, 2.75) is 4.99 Å². The molecule has 0 saturated carbocycles. The van der Waals surface area contributed by atoms with Crippen LogP contribution < -0.4 is 10.0 Å². The number of halogens is 1. The quantitative estimate of drug-likeness (QED) is 0.153. The number of nitro groups is 1. The molecule has 2 heterocycles. The lowest BCUT2D eigenvalue weighted by atomic mass is 9.93. The molecule has 5 aromatic rings. The Balaban J connectivity index is 1.48. The van der Waals surface area contributed by atoms with Crippen LogP contribution in [0, 0.1) is 10.1 Å². The fourth-order valence-electron chi connectivity index (χ4n) is 5.24. The van der Waals surface area contributed by atoms with E-state index in [0.29, 0.717) is 5.02 Å². The van der Waals surface area contributed by atoms with E-state index in [2.05, 4.69) is 12.1 Å². The molecule has 204 valence electrons. The Morgan fingerprint density at radius 2 is 1.21 bits per heavy atom. The number of nitro benzene ring substituents is 1. The van der Waals surface area contributed by atoms with Gasteiger partial charge in [-0.15, -0.1) is 0 Å². The van der Waals surface area contributed by atoms with E-state index in [-0.39, 0.29) is 5.69 Å². The van der Waals surface area contributed by atoms with Crippen LogP contribution in [0.25, 0.3) is 0 Å². The van der Waals surface area contributed by atoms with Gasteiger partial charge in [0.15, 0.2) is 0 Å². The number of fused-ring (bicyclic) bond motifs is 2. The van der Waals surface area contributed by atoms with Crippen LogP contribution >= 0.6 is 23.4 Å². The number of non-ortho nitro benzene ring substituents is 1. The zero-order valence-electron chi connectivity index (χ0n) is 22.0. The standard InChI is InChI=1S/C33H22ClN5O2S/c34-25-19-15-23(16-20-25)31-29-13-7-8-14-30(29)33(37(35-31)26-9-3-1-4-10-26)38(27-11-5-2-6-12-27)36-32(42-33)24-17-21-28(22-18-24)39(40)41/h1-22H/t33-/m0/s1. The van der Waals surface area contributed by atoms with Crippen LogP contribution in [0.1, 0.15) is 22.3 Å². The van der Waals surface area contributed by atoms with Crippen LogP contribution in [-0.2, 0) is 4.99 Å². The SMILES string of the molecule is O=[N+]([O-])c1ccc(C2=NN(c3ccccc3)[C@]3(S2)c2ccccc2C(c2ccc(Cl)cc2)=NN3c2ccccc2)cc1. The summed E-state index contributed by atoms with van der Waals surface area (Å²) in [7, 11) is 0. The van der Waals surface area contributed by atoms with E-state index in [9.17, 15) is 10.1 Å². The van der Waals surface area contributed by atoms with E-state index in [1.165, 1.54) is 12.1 Å². The molecule has 2 aliphatic heterocycles. The third-order valence-corrected chi connectivity index (χ3v) is 8.79. The molecule has 42 heavy (non-hydrogen) atoms. The molecule has 0 aliphatic carbocycles. The summed E-state index contributed by atoms with van der Waals surface area (Å²) in [6, 6.07) is 42.5. The molecule has 2 aliphatic rings. The van der Waals surface area contributed by atoms with E-state index < -0.39 is 9.92 Å². The molecule has 0 aromatic heterocycles. The van der Waals surface area contributed by atoms with Crippen LogP contribution in [0.15, 0.2) is 144 Å². The van der Waals surface area contributed by atoms with Crippen LogP contribution in [-0.4, -0.2) is 15.7 Å². The van der Waals surface area contributed by atoms with Crippen molar-refractivity contribution in [2.24, 2.45) is 10.2 Å². The average Bonchev–Trinajstić information content (AvgIpc) is 3.44. The predicted molar refractivity (Wildman–Crippen MR) is 170 cm³/mol. The molecule has 0 saturated heterocycles. The van der Waals surface area contributed by atoms with Crippen molar-refractivity contribution in [3.63, 3.8) is 0 Å². The summed E-state index contributed by atoms with van der Waals surface area (Å²) in [5.74, 6) is 0. The minimum Gasteiger partial charge on any atom is -0.258 e. The van der Waals surface area contributed by atoms with Gasteiger partial charge in [0, 0.05) is 39.4 Å². The van der Waals surface area contributed by atoms with E-state index in [0.717, 1.165) is 44.4 Å². The maximum absolute atomic E-state index is 11.3. The van der Waals surface area contributed by atoms with Crippen LogP contribution in [0.3, 0.4) is 0 Å². The van der Waals surface area contributed by atoms with E-state index in [4.69, 9.17) is 21.8 Å². The van der Waals surface area contributed by atoms with Gasteiger partial charge in [0.05, 0.1) is 22.0 Å². The zero-order chi connectivity index (χ0) is 28.7. The summed E-state index contributed by atoms with van der Waals surface area (Å²) in [6.45, 7) is 0. The van der Waals surface area contributed by atoms with Crippen molar-refractivity contribution in [1.29, 1.82) is 0 Å². The maximum atomic E-state index is 11.3. The van der Waals surface area contributed by atoms with Gasteiger partial charge in [0.1, 0.15) is 5.04 Å². The highest BCUT2D eigenvalue weighted by Gasteiger charge is 2.55. The molecule has 0 N–H and O–H groups in total. The van der Waals surface area contributed by atoms with Crippen molar-refractivity contribution < 1.29 is 4.92 Å². The highest BCUT2D eigenvalue weighted by molar-refractivity contribution is 8.15. The molecule has 0 fully saturated rings. The summed E-state index contributed by atoms with van der Waals surface area (Å²) in [4.78, 5) is 10.0. The van der Waals surface area contributed by atoms with Crippen LogP contribution in [0.2, 0.25) is 5.02 Å². The largest absolute Gasteiger partial charge is 0.269 e. The molecular weight excluding hydrogens is 566 g/mol. The fourth-order valence-corrected chi connectivity index (χ4v) is 6.76. The second-order valence-corrected chi connectivity index (χ2v) is 11.3. The third-order valence-electron chi connectivity index (χ3n) is 7.18. The first-order valence-electron chi connectivity index (χ1n) is 13.2. The Morgan fingerprint density at radius 1 is 0.667 bits per heavy atom. The van der Waals surface area contributed by atoms with Crippen molar-refractivity contribution in [1.82, 2.24) is 0 Å². The van der Waals surface area contributed by atoms with Crippen LogP contribution in [0.5, 0.6) is 0 Å². The monoisotopic (exact) mass is 587 g/mol. The number of hydrazone groups is 2. The molecule has 5 aromatic carbocycles. The Bertz CT molecular complexity index is 1850. The maximum Gasteiger partial charge on any atom is 0.269 e. The number of rotatable bonds is 5. The highest BCUT2D eigenvalue weighted by atomic mass is 35.5. The minimum atomic E-state index is -0.952. The van der Waals surface area contributed by atoms with Gasteiger partial charge in [-0.2, -0.15) is 10.2 Å². The Kier molecular flexibility index (Phi) is 6.49. The molecule has 7 rings (SSSR count). The molecular formula is C33H22ClN5O2S. The summed E-state index contributed by atoms with van der Waals surface area (Å²) >= 11 is 7.80. The number of para-hydroxylation sites is 2. The lowest BCUT2D eigenvalue weighted by Crippen LogP contribution is -2.54. The number of benzene rings is 5.